The smallest absolute Gasteiger partial charge is 0.414 e. The van der Waals surface area contributed by atoms with Gasteiger partial charge in [0.2, 0.25) is 5.96 Å². The lowest BCUT2D eigenvalue weighted by molar-refractivity contribution is 0.0525. The van der Waals surface area contributed by atoms with E-state index in [1.54, 1.807) is 20.8 Å². The van der Waals surface area contributed by atoms with Crippen LogP contribution in [-0.4, -0.2) is 42.4 Å². The second kappa shape index (κ2) is 10.7. The minimum absolute atomic E-state index is 0.311. The second-order valence-electron chi connectivity index (χ2n) is 8.45. The third kappa shape index (κ3) is 11.6. The summed E-state index contributed by atoms with van der Waals surface area (Å²) in [7, 11) is 0. The maximum Gasteiger partial charge on any atom is 0.414 e. The number of anilines is 1. The Labute approximate surface area is 173 Å². The Morgan fingerprint density at radius 3 is 2.21 bits per heavy atom. The molecule has 0 aliphatic rings. The number of rotatable bonds is 5. The summed E-state index contributed by atoms with van der Waals surface area (Å²) in [6.07, 6.45) is -0.380. The summed E-state index contributed by atoms with van der Waals surface area (Å²) in [5.41, 5.74) is 0.661. The summed E-state index contributed by atoms with van der Waals surface area (Å²) in [6, 6.07) is 7.65. The van der Waals surface area contributed by atoms with Gasteiger partial charge in [-0.05, 0) is 72.6 Å². The number of nitrogens with one attached hydrogen (secondary N) is 3. The standard InChI is InChI=1S/C21H34N4O4/c1-8-22-17(25-19(27)29-21(5,6)7)24-16-11-9-10-15(14-16)12-13-23-18(26)28-20(2,3)4/h9-11,14H,8,12-13H2,1-7H3,(H,23,26)(H2,22,24,25,27). The predicted octanol–water partition coefficient (Wildman–Crippen LogP) is 4.07. The molecule has 0 saturated heterocycles. The third-order valence-electron chi connectivity index (χ3n) is 3.21. The lowest BCUT2D eigenvalue weighted by atomic mass is 10.1. The van der Waals surface area contributed by atoms with Crippen LogP contribution in [0.5, 0.6) is 0 Å². The fourth-order valence-electron chi connectivity index (χ4n) is 2.23. The Kier molecular flexibility index (Phi) is 8.94. The molecular formula is C21H34N4O4. The highest BCUT2D eigenvalue weighted by molar-refractivity contribution is 6.02. The molecule has 0 saturated carbocycles. The van der Waals surface area contributed by atoms with E-state index in [0.717, 1.165) is 11.3 Å². The minimum atomic E-state index is -0.595. The number of benzene rings is 1. The van der Waals surface area contributed by atoms with Crippen molar-refractivity contribution in [3.63, 3.8) is 0 Å². The van der Waals surface area contributed by atoms with Crippen molar-refractivity contribution in [3.8, 4) is 0 Å². The average molecular weight is 407 g/mol. The molecule has 0 bridgehead atoms. The quantitative estimate of drug-likeness (QED) is 0.505. The largest absolute Gasteiger partial charge is 0.444 e. The van der Waals surface area contributed by atoms with Gasteiger partial charge in [0.25, 0.3) is 0 Å². The van der Waals surface area contributed by atoms with Crippen LogP contribution in [0.3, 0.4) is 0 Å². The van der Waals surface area contributed by atoms with E-state index in [1.165, 1.54) is 0 Å². The Morgan fingerprint density at radius 1 is 1.00 bits per heavy atom. The topological polar surface area (TPSA) is 101 Å². The Hall–Kier alpha value is -2.77. The van der Waals surface area contributed by atoms with Crippen LogP contribution in [-0.2, 0) is 15.9 Å². The molecule has 2 amide bonds. The van der Waals surface area contributed by atoms with E-state index < -0.39 is 23.4 Å². The number of carbonyl (C=O) groups excluding carboxylic acids is 2. The molecule has 0 radical (unpaired) electrons. The molecule has 29 heavy (non-hydrogen) atoms. The first kappa shape index (κ1) is 24.3. The van der Waals surface area contributed by atoms with Crippen LogP contribution in [0.15, 0.2) is 29.3 Å². The maximum atomic E-state index is 12.0. The molecule has 3 N–H and O–H groups in total. The van der Waals surface area contributed by atoms with Gasteiger partial charge in [-0.25, -0.2) is 9.59 Å². The van der Waals surface area contributed by atoms with Crippen molar-refractivity contribution < 1.29 is 19.1 Å². The molecule has 0 unspecified atom stereocenters. The molecule has 0 fully saturated rings. The highest BCUT2D eigenvalue weighted by atomic mass is 16.6. The maximum absolute atomic E-state index is 12.0. The number of ether oxygens (including phenoxy) is 2. The highest BCUT2D eigenvalue weighted by Gasteiger charge is 2.18. The molecule has 1 aromatic rings. The summed E-state index contributed by atoms with van der Waals surface area (Å²) < 4.78 is 10.5. The van der Waals surface area contributed by atoms with Gasteiger partial charge in [0.05, 0.1) is 0 Å². The van der Waals surface area contributed by atoms with E-state index in [2.05, 4.69) is 20.9 Å². The number of hydrogen-bond donors (Lipinski definition) is 3. The second-order valence-corrected chi connectivity index (χ2v) is 8.45. The first-order valence-corrected chi connectivity index (χ1v) is 9.75. The molecule has 162 valence electrons. The zero-order valence-corrected chi connectivity index (χ0v) is 18.5. The van der Waals surface area contributed by atoms with E-state index in [4.69, 9.17) is 9.47 Å². The predicted molar refractivity (Wildman–Crippen MR) is 115 cm³/mol. The fourth-order valence-corrected chi connectivity index (χ4v) is 2.23. The summed E-state index contributed by atoms with van der Waals surface area (Å²) in [5.74, 6) is 0.311. The number of nitrogens with zero attached hydrogens (tertiary/aromatic N) is 1. The van der Waals surface area contributed by atoms with Crippen molar-refractivity contribution in [2.45, 2.75) is 66.1 Å². The number of hydrogen-bond acceptors (Lipinski definition) is 5. The van der Waals surface area contributed by atoms with Gasteiger partial charge in [-0.1, -0.05) is 12.1 Å². The fraction of sp³-hybridized carbons (Fsp3) is 0.571. The van der Waals surface area contributed by atoms with Crippen LogP contribution in [0, 0.1) is 0 Å². The van der Waals surface area contributed by atoms with Crippen molar-refractivity contribution in [1.82, 2.24) is 10.6 Å². The molecule has 8 heteroatoms. The molecule has 1 rings (SSSR count). The first-order chi connectivity index (χ1) is 13.4. The van der Waals surface area contributed by atoms with Gasteiger partial charge in [0.1, 0.15) is 11.2 Å². The van der Waals surface area contributed by atoms with E-state index in [1.807, 2.05) is 52.0 Å². The third-order valence-corrected chi connectivity index (χ3v) is 3.21. The van der Waals surface area contributed by atoms with Crippen LogP contribution in [0.4, 0.5) is 15.3 Å². The zero-order valence-electron chi connectivity index (χ0n) is 18.5. The average Bonchev–Trinajstić information content (AvgIpc) is 2.51. The number of alkyl carbamates (subject to hydrolysis) is 2. The Bertz CT molecular complexity index is 718. The van der Waals surface area contributed by atoms with Crippen molar-refractivity contribution in [1.29, 1.82) is 0 Å². The van der Waals surface area contributed by atoms with Gasteiger partial charge < -0.3 is 20.1 Å². The van der Waals surface area contributed by atoms with Gasteiger partial charge in [0, 0.05) is 18.8 Å². The summed E-state index contributed by atoms with van der Waals surface area (Å²) in [6.45, 7) is 13.7. The van der Waals surface area contributed by atoms with Gasteiger partial charge in [0.15, 0.2) is 0 Å². The van der Waals surface area contributed by atoms with E-state index in [-0.39, 0.29) is 0 Å². The van der Waals surface area contributed by atoms with Crippen molar-refractivity contribution in [3.05, 3.63) is 29.8 Å². The number of guanidine groups is 1. The Balaban J connectivity index is 2.64. The molecule has 0 aromatic heterocycles. The molecule has 0 spiro atoms. The van der Waals surface area contributed by atoms with Crippen LogP contribution >= 0.6 is 0 Å². The summed E-state index contributed by atoms with van der Waals surface area (Å²) >= 11 is 0. The summed E-state index contributed by atoms with van der Waals surface area (Å²) in [4.78, 5) is 28.0. The lowest BCUT2D eigenvalue weighted by Gasteiger charge is -2.20. The molecular weight excluding hydrogens is 372 g/mol. The molecule has 0 aliphatic carbocycles. The van der Waals surface area contributed by atoms with Gasteiger partial charge in [-0.2, -0.15) is 0 Å². The number of carbonyl (C=O) groups is 2. The normalized spacial score (nSPS) is 12.2. The molecule has 0 atom stereocenters. The van der Waals surface area contributed by atoms with Crippen LogP contribution < -0.4 is 16.0 Å². The SMILES string of the molecule is CCN=C(NC(=O)OC(C)(C)C)Nc1cccc(CCNC(=O)OC(C)(C)C)c1. The van der Waals surface area contributed by atoms with Crippen molar-refractivity contribution in [2.75, 3.05) is 18.4 Å². The van der Waals surface area contributed by atoms with E-state index in [9.17, 15) is 9.59 Å². The van der Waals surface area contributed by atoms with Crippen LogP contribution in [0.25, 0.3) is 0 Å². The molecule has 1 aromatic carbocycles. The van der Waals surface area contributed by atoms with E-state index >= 15 is 0 Å². The van der Waals surface area contributed by atoms with Gasteiger partial charge in [-0.3, -0.25) is 10.3 Å². The van der Waals surface area contributed by atoms with Gasteiger partial charge >= 0.3 is 12.2 Å². The van der Waals surface area contributed by atoms with Gasteiger partial charge in [-0.15, -0.1) is 0 Å². The molecule has 8 nitrogen and oxygen atoms in total. The molecule has 0 aliphatic heterocycles. The van der Waals surface area contributed by atoms with Crippen molar-refractivity contribution >= 4 is 23.8 Å². The zero-order chi connectivity index (χ0) is 22.1. The minimum Gasteiger partial charge on any atom is -0.444 e. The van der Waals surface area contributed by atoms with Crippen LogP contribution in [0.2, 0.25) is 0 Å². The summed E-state index contributed by atoms with van der Waals surface area (Å²) in [5, 5.41) is 8.46. The Morgan fingerprint density at radius 2 is 1.62 bits per heavy atom. The highest BCUT2D eigenvalue weighted by Crippen LogP contribution is 2.12. The number of aliphatic imine (C=N–C) groups is 1. The van der Waals surface area contributed by atoms with Crippen LogP contribution in [0.1, 0.15) is 54.0 Å². The lowest BCUT2D eigenvalue weighted by Crippen LogP contribution is -2.40. The first-order valence-electron chi connectivity index (χ1n) is 9.75. The molecule has 0 heterocycles. The van der Waals surface area contributed by atoms with E-state index in [0.29, 0.717) is 25.5 Å². The van der Waals surface area contributed by atoms with Crippen molar-refractivity contribution in [2.24, 2.45) is 4.99 Å². The monoisotopic (exact) mass is 406 g/mol. The number of amides is 2.